The second-order valence-corrected chi connectivity index (χ2v) is 4.87. The Bertz CT molecular complexity index is 279. The molecule has 0 amide bonds. The fourth-order valence-electron chi connectivity index (χ4n) is 2.31. The van der Waals surface area contributed by atoms with Crippen LogP contribution in [-0.4, -0.2) is 0 Å². The van der Waals surface area contributed by atoms with Gasteiger partial charge in [0.25, 0.3) is 0 Å². The van der Waals surface area contributed by atoms with E-state index in [1.165, 1.54) is 5.56 Å². The molecule has 84 valence electrons. The minimum absolute atomic E-state index is 0.135. The van der Waals surface area contributed by atoms with Crippen LogP contribution in [0.15, 0.2) is 30.3 Å². The number of benzene rings is 1. The molecule has 0 bridgehead atoms. The van der Waals surface area contributed by atoms with Gasteiger partial charge < -0.3 is 5.73 Å². The Hall–Kier alpha value is -0.820. The van der Waals surface area contributed by atoms with E-state index in [1.807, 2.05) is 6.07 Å². The van der Waals surface area contributed by atoms with E-state index in [0.29, 0.717) is 5.92 Å². The predicted molar refractivity (Wildman–Crippen MR) is 66.7 cm³/mol. The summed E-state index contributed by atoms with van der Waals surface area (Å²) in [5.41, 5.74) is 7.67. The number of hydrogen-bond donors (Lipinski definition) is 1. The molecule has 15 heavy (non-hydrogen) atoms. The highest BCUT2D eigenvalue weighted by molar-refractivity contribution is 5.23. The van der Waals surface area contributed by atoms with E-state index >= 15 is 0 Å². The Morgan fingerprint density at radius 2 is 1.80 bits per heavy atom. The first-order valence-corrected chi connectivity index (χ1v) is 5.93. The van der Waals surface area contributed by atoms with Crippen molar-refractivity contribution in [3.05, 3.63) is 35.9 Å². The van der Waals surface area contributed by atoms with Crippen LogP contribution in [0.1, 0.15) is 45.6 Å². The first-order valence-electron chi connectivity index (χ1n) is 5.93. The third-order valence-corrected chi connectivity index (χ3v) is 2.82. The molecule has 0 fully saturated rings. The third-order valence-electron chi connectivity index (χ3n) is 2.82. The third kappa shape index (κ3) is 3.35. The Morgan fingerprint density at radius 3 is 2.27 bits per heavy atom. The van der Waals surface area contributed by atoms with Crippen LogP contribution < -0.4 is 5.73 Å². The van der Waals surface area contributed by atoms with Crippen LogP contribution in [0.4, 0.5) is 0 Å². The van der Waals surface area contributed by atoms with E-state index in [4.69, 9.17) is 5.73 Å². The van der Waals surface area contributed by atoms with Crippen molar-refractivity contribution in [2.24, 2.45) is 11.7 Å². The van der Waals surface area contributed by atoms with Crippen LogP contribution in [0.3, 0.4) is 0 Å². The zero-order valence-corrected chi connectivity index (χ0v) is 10.2. The van der Waals surface area contributed by atoms with Gasteiger partial charge >= 0.3 is 0 Å². The summed E-state index contributed by atoms with van der Waals surface area (Å²) in [6.45, 7) is 6.67. The lowest BCUT2D eigenvalue weighted by Gasteiger charge is -2.31. The van der Waals surface area contributed by atoms with Crippen LogP contribution in [-0.2, 0) is 5.54 Å². The van der Waals surface area contributed by atoms with Gasteiger partial charge in [0.15, 0.2) is 0 Å². The van der Waals surface area contributed by atoms with Crippen molar-refractivity contribution in [1.82, 2.24) is 0 Å². The molecule has 2 N–H and O–H groups in total. The molecule has 1 aromatic rings. The molecule has 0 saturated carbocycles. The summed E-state index contributed by atoms with van der Waals surface area (Å²) in [7, 11) is 0. The summed E-state index contributed by atoms with van der Waals surface area (Å²) in [5, 5.41) is 0. The number of rotatable bonds is 5. The zero-order valence-electron chi connectivity index (χ0n) is 10.2. The number of hydrogen-bond acceptors (Lipinski definition) is 1. The molecule has 0 aromatic heterocycles. The van der Waals surface area contributed by atoms with Crippen LogP contribution in [0.5, 0.6) is 0 Å². The first-order chi connectivity index (χ1) is 7.08. The lowest BCUT2D eigenvalue weighted by atomic mass is 9.80. The van der Waals surface area contributed by atoms with Crippen LogP contribution in [0.2, 0.25) is 0 Å². The average Bonchev–Trinajstić information content (AvgIpc) is 2.18. The molecule has 1 rings (SSSR count). The van der Waals surface area contributed by atoms with Gasteiger partial charge in [-0.2, -0.15) is 0 Å². The van der Waals surface area contributed by atoms with E-state index in [-0.39, 0.29) is 5.54 Å². The smallest absolute Gasteiger partial charge is 0.0412 e. The van der Waals surface area contributed by atoms with Crippen molar-refractivity contribution in [3.8, 4) is 0 Å². The lowest BCUT2D eigenvalue weighted by molar-refractivity contribution is 0.323. The van der Waals surface area contributed by atoms with Gasteiger partial charge in [0.1, 0.15) is 0 Å². The number of nitrogens with two attached hydrogens (primary N) is 1. The van der Waals surface area contributed by atoms with Crippen molar-refractivity contribution < 1.29 is 0 Å². The molecule has 0 aliphatic heterocycles. The average molecular weight is 205 g/mol. The second-order valence-electron chi connectivity index (χ2n) is 4.87. The minimum Gasteiger partial charge on any atom is -0.321 e. The van der Waals surface area contributed by atoms with Crippen LogP contribution in [0, 0.1) is 5.92 Å². The summed E-state index contributed by atoms with van der Waals surface area (Å²) in [6.07, 6.45) is 3.26. The first kappa shape index (κ1) is 12.3. The molecule has 0 heterocycles. The highest BCUT2D eigenvalue weighted by atomic mass is 14.7. The molecule has 0 aliphatic rings. The Morgan fingerprint density at radius 1 is 1.20 bits per heavy atom. The highest BCUT2D eigenvalue weighted by Gasteiger charge is 2.26. The second kappa shape index (κ2) is 5.32. The van der Waals surface area contributed by atoms with Crippen molar-refractivity contribution in [2.75, 3.05) is 0 Å². The molecule has 0 radical (unpaired) electrons. The molecule has 1 heteroatoms. The Labute approximate surface area is 93.7 Å². The van der Waals surface area contributed by atoms with Crippen LogP contribution in [0.25, 0.3) is 0 Å². The quantitative estimate of drug-likeness (QED) is 0.779. The van der Waals surface area contributed by atoms with Gasteiger partial charge in [-0.05, 0) is 24.3 Å². The summed E-state index contributed by atoms with van der Waals surface area (Å²) in [6, 6.07) is 10.5. The largest absolute Gasteiger partial charge is 0.321 e. The maximum atomic E-state index is 6.53. The summed E-state index contributed by atoms with van der Waals surface area (Å²) in [5.74, 6) is 0.641. The van der Waals surface area contributed by atoms with Gasteiger partial charge in [-0.1, -0.05) is 57.5 Å². The van der Waals surface area contributed by atoms with Crippen molar-refractivity contribution in [2.45, 2.75) is 45.6 Å². The molecule has 1 atom stereocenters. The van der Waals surface area contributed by atoms with Crippen molar-refractivity contribution in [1.29, 1.82) is 0 Å². The molecular formula is C14H23N. The van der Waals surface area contributed by atoms with Gasteiger partial charge in [-0.15, -0.1) is 0 Å². The molecular weight excluding hydrogens is 182 g/mol. The summed E-state index contributed by atoms with van der Waals surface area (Å²) in [4.78, 5) is 0. The molecule has 0 saturated heterocycles. The van der Waals surface area contributed by atoms with E-state index in [0.717, 1.165) is 19.3 Å². The van der Waals surface area contributed by atoms with Crippen LogP contribution >= 0.6 is 0 Å². The van der Waals surface area contributed by atoms with Gasteiger partial charge in [0, 0.05) is 5.54 Å². The maximum absolute atomic E-state index is 6.53. The Kier molecular flexibility index (Phi) is 4.34. The molecule has 0 spiro atoms. The topological polar surface area (TPSA) is 26.0 Å². The SMILES string of the molecule is CCCC(N)(CC(C)C)c1ccccc1. The minimum atomic E-state index is -0.135. The summed E-state index contributed by atoms with van der Waals surface area (Å²) < 4.78 is 0. The van der Waals surface area contributed by atoms with Gasteiger partial charge in [0.2, 0.25) is 0 Å². The van der Waals surface area contributed by atoms with E-state index in [1.54, 1.807) is 0 Å². The van der Waals surface area contributed by atoms with Gasteiger partial charge in [-0.3, -0.25) is 0 Å². The highest BCUT2D eigenvalue weighted by Crippen LogP contribution is 2.30. The van der Waals surface area contributed by atoms with Crippen molar-refractivity contribution in [3.63, 3.8) is 0 Å². The van der Waals surface area contributed by atoms with E-state index in [9.17, 15) is 0 Å². The predicted octanol–water partition coefficient (Wildman–Crippen LogP) is 3.69. The molecule has 1 nitrogen and oxygen atoms in total. The normalized spacial score (nSPS) is 15.3. The fourth-order valence-corrected chi connectivity index (χ4v) is 2.31. The fraction of sp³-hybridized carbons (Fsp3) is 0.571. The maximum Gasteiger partial charge on any atom is 0.0412 e. The van der Waals surface area contributed by atoms with Gasteiger partial charge in [-0.25, -0.2) is 0 Å². The zero-order chi connectivity index (χ0) is 11.3. The van der Waals surface area contributed by atoms with E-state index < -0.39 is 0 Å². The van der Waals surface area contributed by atoms with Gasteiger partial charge in [0.05, 0.1) is 0 Å². The molecule has 1 unspecified atom stereocenters. The standard InChI is InChI=1S/C14H23N/c1-4-10-14(15,11-12(2)3)13-8-6-5-7-9-13/h5-9,12H,4,10-11,15H2,1-3H3. The summed E-state index contributed by atoms with van der Waals surface area (Å²) >= 11 is 0. The molecule has 0 aliphatic carbocycles. The van der Waals surface area contributed by atoms with E-state index in [2.05, 4.69) is 45.0 Å². The van der Waals surface area contributed by atoms with Crippen molar-refractivity contribution >= 4 is 0 Å². The lowest BCUT2D eigenvalue weighted by Crippen LogP contribution is -2.37. The monoisotopic (exact) mass is 205 g/mol. The Balaban J connectivity index is 2.90. The molecule has 1 aromatic carbocycles.